The molecular weight excluding hydrogens is 232 g/mol. The lowest BCUT2D eigenvalue weighted by Crippen LogP contribution is -2.27. The Morgan fingerprint density at radius 3 is 2.61 bits per heavy atom. The van der Waals surface area contributed by atoms with Crippen molar-refractivity contribution in [2.24, 2.45) is 5.92 Å². The van der Waals surface area contributed by atoms with Crippen LogP contribution in [0.2, 0.25) is 0 Å². The third-order valence-corrected chi connectivity index (χ3v) is 2.93. The van der Waals surface area contributed by atoms with Crippen molar-refractivity contribution in [3.8, 4) is 0 Å². The van der Waals surface area contributed by atoms with E-state index in [0.29, 0.717) is 12.1 Å². The number of aryl methyl sites for hydroxylation is 1. The normalized spacial score (nSPS) is 12.5. The molecule has 5 nitrogen and oxygen atoms in total. The van der Waals surface area contributed by atoms with E-state index >= 15 is 0 Å². The van der Waals surface area contributed by atoms with Gasteiger partial charge in [-0.2, -0.15) is 0 Å². The maximum absolute atomic E-state index is 11.0. The van der Waals surface area contributed by atoms with Crippen LogP contribution in [0.25, 0.3) is 0 Å². The Labute approximate surface area is 107 Å². The number of aliphatic hydroxyl groups is 1. The second-order valence-corrected chi connectivity index (χ2v) is 4.78. The molecule has 0 aliphatic heterocycles. The van der Waals surface area contributed by atoms with Gasteiger partial charge >= 0.3 is 0 Å². The summed E-state index contributed by atoms with van der Waals surface area (Å²) in [5.41, 5.74) is 1.56. The summed E-state index contributed by atoms with van der Waals surface area (Å²) in [4.78, 5) is 10.6. The van der Waals surface area contributed by atoms with Gasteiger partial charge in [0.1, 0.15) is 5.69 Å². The Balaban J connectivity index is 3.00. The highest BCUT2D eigenvalue weighted by molar-refractivity contribution is 5.63. The molecule has 0 amide bonds. The Morgan fingerprint density at radius 2 is 2.11 bits per heavy atom. The van der Waals surface area contributed by atoms with Gasteiger partial charge in [0.2, 0.25) is 0 Å². The summed E-state index contributed by atoms with van der Waals surface area (Å²) in [5.74, 6) is 0.289. The fourth-order valence-electron chi connectivity index (χ4n) is 1.84. The SMILES string of the molecule is Cc1ccc([N+](=O)[O-])c(NC(CCO)C(C)C)c1. The molecule has 0 saturated heterocycles. The van der Waals surface area contributed by atoms with Crippen molar-refractivity contribution in [3.63, 3.8) is 0 Å². The second kappa shape index (κ2) is 6.35. The predicted octanol–water partition coefficient (Wildman–Crippen LogP) is 2.72. The minimum absolute atomic E-state index is 0.0236. The van der Waals surface area contributed by atoms with Crippen LogP contribution in [-0.2, 0) is 0 Å². The molecule has 0 fully saturated rings. The average Bonchev–Trinajstić information content (AvgIpc) is 2.28. The molecule has 0 saturated carbocycles. The standard InChI is InChI=1S/C13H20N2O3/c1-9(2)11(6-7-16)14-12-8-10(3)4-5-13(12)15(17)18/h4-5,8-9,11,14,16H,6-7H2,1-3H3. The van der Waals surface area contributed by atoms with Crippen molar-refractivity contribution in [3.05, 3.63) is 33.9 Å². The lowest BCUT2D eigenvalue weighted by molar-refractivity contribution is -0.384. The molecule has 100 valence electrons. The highest BCUT2D eigenvalue weighted by atomic mass is 16.6. The van der Waals surface area contributed by atoms with E-state index in [9.17, 15) is 10.1 Å². The topological polar surface area (TPSA) is 75.4 Å². The Hall–Kier alpha value is -1.62. The van der Waals surface area contributed by atoms with Crippen LogP contribution in [-0.4, -0.2) is 22.7 Å². The molecule has 1 aromatic rings. The molecule has 0 heterocycles. The van der Waals surface area contributed by atoms with E-state index in [2.05, 4.69) is 5.32 Å². The molecule has 0 aliphatic carbocycles. The summed E-state index contributed by atoms with van der Waals surface area (Å²) in [6.07, 6.45) is 0.572. The zero-order valence-corrected chi connectivity index (χ0v) is 11.0. The molecule has 0 aromatic heterocycles. The van der Waals surface area contributed by atoms with E-state index in [-0.39, 0.29) is 24.3 Å². The van der Waals surface area contributed by atoms with Crippen LogP contribution in [0.15, 0.2) is 18.2 Å². The number of hydrogen-bond donors (Lipinski definition) is 2. The molecule has 1 rings (SSSR count). The maximum atomic E-state index is 11.0. The third-order valence-electron chi connectivity index (χ3n) is 2.93. The van der Waals surface area contributed by atoms with Gasteiger partial charge in [0, 0.05) is 18.7 Å². The van der Waals surface area contributed by atoms with Gasteiger partial charge in [-0.1, -0.05) is 19.9 Å². The highest BCUT2D eigenvalue weighted by Gasteiger charge is 2.19. The number of aliphatic hydroxyl groups excluding tert-OH is 1. The van der Waals surface area contributed by atoms with Gasteiger partial charge in [-0.25, -0.2) is 0 Å². The number of nitro groups is 1. The number of benzene rings is 1. The molecule has 1 aromatic carbocycles. The fraction of sp³-hybridized carbons (Fsp3) is 0.538. The molecule has 1 atom stereocenters. The minimum Gasteiger partial charge on any atom is -0.396 e. The third kappa shape index (κ3) is 3.70. The van der Waals surface area contributed by atoms with Gasteiger partial charge in [-0.05, 0) is 30.9 Å². The Bertz CT molecular complexity index is 419. The first-order valence-electron chi connectivity index (χ1n) is 6.08. The summed E-state index contributed by atoms with van der Waals surface area (Å²) >= 11 is 0. The van der Waals surface area contributed by atoms with Crippen molar-refractivity contribution >= 4 is 11.4 Å². The van der Waals surface area contributed by atoms with Crippen molar-refractivity contribution in [1.29, 1.82) is 0 Å². The van der Waals surface area contributed by atoms with E-state index in [1.807, 2.05) is 20.8 Å². The molecule has 2 N–H and O–H groups in total. The smallest absolute Gasteiger partial charge is 0.292 e. The zero-order valence-electron chi connectivity index (χ0n) is 11.0. The van der Waals surface area contributed by atoms with Gasteiger partial charge < -0.3 is 10.4 Å². The van der Waals surface area contributed by atoms with Crippen LogP contribution >= 0.6 is 0 Å². The molecule has 0 bridgehead atoms. The Kier molecular flexibility index (Phi) is 5.09. The molecule has 0 aliphatic rings. The summed E-state index contributed by atoms with van der Waals surface area (Å²) in [6.45, 7) is 6.00. The van der Waals surface area contributed by atoms with Crippen LogP contribution < -0.4 is 5.32 Å². The maximum Gasteiger partial charge on any atom is 0.292 e. The van der Waals surface area contributed by atoms with Gasteiger partial charge in [0.25, 0.3) is 5.69 Å². The van der Waals surface area contributed by atoms with E-state index in [1.165, 1.54) is 6.07 Å². The zero-order chi connectivity index (χ0) is 13.7. The first-order valence-corrected chi connectivity index (χ1v) is 6.08. The van der Waals surface area contributed by atoms with Gasteiger partial charge in [-0.3, -0.25) is 10.1 Å². The number of anilines is 1. The number of nitro benzene ring substituents is 1. The first-order chi connectivity index (χ1) is 8.45. The van der Waals surface area contributed by atoms with E-state index in [1.54, 1.807) is 12.1 Å². The summed E-state index contributed by atoms with van der Waals surface area (Å²) < 4.78 is 0. The van der Waals surface area contributed by atoms with Gasteiger partial charge in [0.05, 0.1) is 4.92 Å². The quantitative estimate of drug-likeness (QED) is 0.603. The van der Waals surface area contributed by atoms with Crippen LogP contribution in [0, 0.1) is 23.0 Å². The molecule has 1 unspecified atom stereocenters. The number of rotatable bonds is 6. The lowest BCUT2D eigenvalue weighted by atomic mass is 10.0. The Morgan fingerprint density at radius 1 is 1.44 bits per heavy atom. The van der Waals surface area contributed by atoms with Crippen LogP contribution in [0.3, 0.4) is 0 Å². The molecule has 18 heavy (non-hydrogen) atoms. The number of hydrogen-bond acceptors (Lipinski definition) is 4. The number of nitrogens with zero attached hydrogens (tertiary/aromatic N) is 1. The van der Waals surface area contributed by atoms with Gasteiger partial charge in [-0.15, -0.1) is 0 Å². The summed E-state index contributed by atoms with van der Waals surface area (Å²) in [5, 5.41) is 23.1. The summed E-state index contributed by atoms with van der Waals surface area (Å²) in [6, 6.07) is 5.02. The second-order valence-electron chi connectivity index (χ2n) is 4.78. The lowest BCUT2D eigenvalue weighted by Gasteiger charge is -2.22. The van der Waals surface area contributed by atoms with E-state index in [0.717, 1.165) is 5.56 Å². The molecule has 5 heteroatoms. The molecular formula is C13H20N2O3. The molecule has 0 radical (unpaired) electrons. The number of nitrogens with one attached hydrogen (secondary N) is 1. The van der Waals surface area contributed by atoms with Crippen molar-refractivity contribution in [2.75, 3.05) is 11.9 Å². The first kappa shape index (κ1) is 14.4. The van der Waals surface area contributed by atoms with Crippen LogP contribution in [0.1, 0.15) is 25.8 Å². The highest BCUT2D eigenvalue weighted by Crippen LogP contribution is 2.27. The van der Waals surface area contributed by atoms with Crippen LogP contribution in [0.4, 0.5) is 11.4 Å². The van der Waals surface area contributed by atoms with Crippen molar-refractivity contribution in [2.45, 2.75) is 33.2 Å². The van der Waals surface area contributed by atoms with Crippen LogP contribution in [0.5, 0.6) is 0 Å². The monoisotopic (exact) mass is 252 g/mol. The fourth-order valence-corrected chi connectivity index (χ4v) is 1.84. The van der Waals surface area contributed by atoms with Crippen molar-refractivity contribution < 1.29 is 10.0 Å². The van der Waals surface area contributed by atoms with E-state index in [4.69, 9.17) is 5.11 Å². The van der Waals surface area contributed by atoms with Gasteiger partial charge in [0.15, 0.2) is 0 Å². The summed E-state index contributed by atoms with van der Waals surface area (Å²) in [7, 11) is 0. The van der Waals surface area contributed by atoms with Crippen molar-refractivity contribution in [1.82, 2.24) is 0 Å². The largest absolute Gasteiger partial charge is 0.396 e. The minimum atomic E-state index is -0.391. The van der Waals surface area contributed by atoms with E-state index < -0.39 is 4.92 Å². The molecule has 0 spiro atoms. The predicted molar refractivity (Wildman–Crippen MR) is 71.8 cm³/mol. The average molecular weight is 252 g/mol.